The molecule has 0 saturated carbocycles. The molecule has 1 atom stereocenters. The van der Waals surface area contributed by atoms with E-state index in [9.17, 15) is 5.11 Å². The molecule has 3 nitrogen and oxygen atoms in total. The number of likely N-dealkylation sites (N-methyl/N-ethyl adjacent to an activating group) is 1. The molecule has 0 bridgehead atoms. The molecule has 1 N–H and O–H groups in total. The Morgan fingerprint density at radius 2 is 2.29 bits per heavy atom. The molecule has 1 fully saturated rings. The van der Waals surface area contributed by atoms with Crippen molar-refractivity contribution in [1.82, 2.24) is 4.90 Å². The lowest BCUT2D eigenvalue weighted by Crippen LogP contribution is -2.44. The number of piperidine rings is 1. The van der Waals surface area contributed by atoms with Gasteiger partial charge in [0.25, 0.3) is 0 Å². The number of nitrogens with zero attached hydrogens (tertiary/aromatic N) is 1. The van der Waals surface area contributed by atoms with Crippen LogP contribution in [0, 0.1) is 0 Å². The Morgan fingerprint density at radius 1 is 1.47 bits per heavy atom. The Labute approximate surface area is 103 Å². The van der Waals surface area contributed by atoms with Crippen LogP contribution in [0.15, 0.2) is 24.3 Å². The van der Waals surface area contributed by atoms with E-state index in [1.54, 1.807) is 0 Å². The second kappa shape index (κ2) is 5.07. The summed E-state index contributed by atoms with van der Waals surface area (Å²) in [7, 11) is 2.05. The van der Waals surface area contributed by atoms with Gasteiger partial charge in [0.1, 0.15) is 11.4 Å². The summed E-state index contributed by atoms with van der Waals surface area (Å²) in [6.45, 7) is 4.38. The molecule has 3 heteroatoms. The first-order valence-corrected chi connectivity index (χ1v) is 6.28. The van der Waals surface area contributed by atoms with Crippen LogP contribution in [-0.2, 0) is 5.60 Å². The number of hydrogen-bond acceptors (Lipinski definition) is 3. The highest BCUT2D eigenvalue weighted by Crippen LogP contribution is 2.32. The first-order chi connectivity index (χ1) is 8.14. The zero-order chi connectivity index (χ0) is 12.3. The van der Waals surface area contributed by atoms with Crippen molar-refractivity contribution in [3.63, 3.8) is 0 Å². The van der Waals surface area contributed by atoms with Crippen molar-refractivity contribution < 1.29 is 9.84 Å². The van der Waals surface area contributed by atoms with Gasteiger partial charge in [-0.1, -0.05) is 12.1 Å². The molecule has 1 aromatic rings. The summed E-state index contributed by atoms with van der Waals surface area (Å²) in [5.74, 6) is 0.839. The summed E-state index contributed by atoms with van der Waals surface area (Å²) >= 11 is 0. The minimum absolute atomic E-state index is 0.655. The van der Waals surface area contributed by atoms with Crippen molar-refractivity contribution in [3.8, 4) is 5.75 Å². The Bertz CT molecular complexity index is 380. The molecule has 1 unspecified atom stereocenters. The van der Waals surface area contributed by atoms with Gasteiger partial charge in [-0.2, -0.15) is 0 Å². The Hall–Kier alpha value is -1.06. The number of hydrogen-bond donors (Lipinski definition) is 1. The third kappa shape index (κ3) is 2.79. The Kier molecular flexibility index (Phi) is 3.69. The van der Waals surface area contributed by atoms with E-state index in [2.05, 4.69) is 11.9 Å². The summed E-state index contributed by atoms with van der Waals surface area (Å²) in [4.78, 5) is 2.18. The van der Waals surface area contributed by atoms with Crippen molar-refractivity contribution in [2.45, 2.75) is 25.4 Å². The predicted molar refractivity (Wildman–Crippen MR) is 68.2 cm³/mol. The van der Waals surface area contributed by atoms with Crippen molar-refractivity contribution >= 4 is 0 Å². The van der Waals surface area contributed by atoms with Crippen LogP contribution < -0.4 is 4.74 Å². The normalized spacial score (nSPS) is 25.8. The van der Waals surface area contributed by atoms with Crippen LogP contribution in [0.5, 0.6) is 5.75 Å². The average molecular weight is 235 g/mol. The van der Waals surface area contributed by atoms with Gasteiger partial charge in [0.05, 0.1) is 6.61 Å². The van der Waals surface area contributed by atoms with Gasteiger partial charge in [0, 0.05) is 6.54 Å². The van der Waals surface area contributed by atoms with E-state index in [0.29, 0.717) is 13.2 Å². The van der Waals surface area contributed by atoms with Crippen molar-refractivity contribution in [1.29, 1.82) is 0 Å². The summed E-state index contributed by atoms with van der Waals surface area (Å²) < 4.78 is 5.48. The highest BCUT2D eigenvalue weighted by molar-refractivity contribution is 5.33. The van der Waals surface area contributed by atoms with E-state index < -0.39 is 5.60 Å². The van der Waals surface area contributed by atoms with Gasteiger partial charge in [-0.05, 0) is 51.1 Å². The van der Waals surface area contributed by atoms with E-state index in [-0.39, 0.29) is 0 Å². The lowest BCUT2D eigenvalue weighted by atomic mass is 9.86. The molecule has 94 valence electrons. The van der Waals surface area contributed by atoms with Crippen molar-refractivity contribution in [3.05, 3.63) is 29.8 Å². The van der Waals surface area contributed by atoms with Crippen LogP contribution in [0.25, 0.3) is 0 Å². The second-order valence-electron chi connectivity index (χ2n) is 4.83. The van der Waals surface area contributed by atoms with Gasteiger partial charge in [0.15, 0.2) is 0 Å². The zero-order valence-electron chi connectivity index (χ0n) is 10.6. The largest absolute Gasteiger partial charge is 0.494 e. The maximum Gasteiger partial charge on any atom is 0.119 e. The number of ether oxygens (including phenoxy) is 1. The van der Waals surface area contributed by atoms with Crippen LogP contribution in [0.4, 0.5) is 0 Å². The summed E-state index contributed by atoms with van der Waals surface area (Å²) in [5, 5.41) is 10.7. The SMILES string of the molecule is CCOc1cccc(C2(O)CCCN(C)C2)c1. The van der Waals surface area contributed by atoms with Crippen LogP contribution in [0.3, 0.4) is 0 Å². The molecule has 0 aliphatic carbocycles. The van der Waals surface area contributed by atoms with Gasteiger partial charge in [-0.3, -0.25) is 0 Å². The van der Waals surface area contributed by atoms with E-state index in [0.717, 1.165) is 30.7 Å². The molecular weight excluding hydrogens is 214 g/mol. The Balaban J connectivity index is 2.22. The molecule has 0 radical (unpaired) electrons. The van der Waals surface area contributed by atoms with E-state index in [4.69, 9.17) is 4.74 Å². The molecule has 2 rings (SSSR count). The number of benzene rings is 1. The number of aliphatic hydroxyl groups is 1. The molecule has 17 heavy (non-hydrogen) atoms. The average Bonchev–Trinajstić information content (AvgIpc) is 2.29. The van der Waals surface area contributed by atoms with Gasteiger partial charge >= 0.3 is 0 Å². The number of β-amino-alcohol motifs (C(OH)–C–C–N with tert-alkyl or cyclic N) is 1. The van der Waals surface area contributed by atoms with Gasteiger partial charge in [-0.25, -0.2) is 0 Å². The molecule has 0 spiro atoms. The van der Waals surface area contributed by atoms with Crippen molar-refractivity contribution in [2.24, 2.45) is 0 Å². The minimum Gasteiger partial charge on any atom is -0.494 e. The Morgan fingerprint density at radius 3 is 3.00 bits per heavy atom. The fourth-order valence-electron chi connectivity index (χ4n) is 2.52. The molecule has 0 aromatic heterocycles. The van der Waals surface area contributed by atoms with Crippen LogP contribution >= 0.6 is 0 Å². The molecular formula is C14H21NO2. The summed E-state index contributed by atoms with van der Waals surface area (Å²) in [6, 6.07) is 7.83. The van der Waals surface area contributed by atoms with E-state index in [1.807, 2.05) is 31.2 Å². The predicted octanol–water partition coefficient (Wildman–Crippen LogP) is 2.00. The van der Waals surface area contributed by atoms with Crippen molar-refractivity contribution in [2.75, 3.05) is 26.7 Å². The molecule has 1 aromatic carbocycles. The lowest BCUT2D eigenvalue weighted by Gasteiger charge is -2.37. The van der Waals surface area contributed by atoms with Crippen LogP contribution in [0.2, 0.25) is 0 Å². The van der Waals surface area contributed by atoms with Gasteiger partial charge < -0.3 is 14.7 Å². The minimum atomic E-state index is -0.722. The molecule has 0 amide bonds. The van der Waals surface area contributed by atoms with E-state index >= 15 is 0 Å². The maximum absolute atomic E-state index is 10.7. The number of likely N-dealkylation sites (tertiary alicyclic amines) is 1. The molecule has 1 aliphatic rings. The molecule has 1 saturated heterocycles. The van der Waals surface area contributed by atoms with E-state index in [1.165, 1.54) is 0 Å². The van der Waals surface area contributed by atoms with Gasteiger partial charge in [-0.15, -0.1) is 0 Å². The lowest BCUT2D eigenvalue weighted by molar-refractivity contribution is -0.0279. The third-order valence-corrected chi connectivity index (χ3v) is 3.34. The summed E-state index contributed by atoms with van der Waals surface area (Å²) in [5.41, 5.74) is 0.245. The number of rotatable bonds is 3. The highest BCUT2D eigenvalue weighted by Gasteiger charge is 2.33. The third-order valence-electron chi connectivity index (χ3n) is 3.34. The van der Waals surface area contributed by atoms with Gasteiger partial charge in [0.2, 0.25) is 0 Å². The quantitative estimate of drug-likeness (QED) is 0.869. The molecule has 1 heterocycles. The van der Waals surface area contributed by atoms with Crippen LogP contribution in [0.1, 0.15) is 25.3 Å². The smallest absolute Gasteiger partial charge is 0.119 e. The molecule has 1 aliphatic heterocycles. The second-order valence-corrected chi connectivity index (χ2v) is 4.83. The standard InChI is InChI=1S/C14H21NO2/c1-3-17-13-7-4-6-12(10-13)14(16)8-5-9-15(2)11-14/h4,6-7,10,16H,3,5,8-9,11H2,1-2H3. The fourth-order valence-corrected chi connectivity index (χ4v) is 2.52. The fraction of sp³-hybridized carbons (Fsp3) is 0.571. The first-order valence-electron chi connectivity index (χ1n) is 6.28. The monoisotopic (exact) mass is 235 g/mol. The topological polar surface area (TPSA) is 32.7 Å². The summed E-state index contributed by atoms with van der Waals surface area (Å²) in [6.07, 6.45) is 1.86. The van der Waals surface area contributed by atoms with Crippen LogP contribution in [-0.4, -0.2) is 36.8 Å². The highest BCUT2D eigenvalue weighted by atomic mass is 16.5. The zero-order valence-corrected chi connectivity index (χ0v) is 10.6. The maximum atomic E-state index is 10.7. The first kappa shape index (κ1) is 12.4.